The van der Waals surface area contributed by atoms with E-state index in [9.17, 15) is 0 Å². The molecule has 4 heterocycles. The minimum Gasteiger partial charge on any atom is -0.309 e. The van der Waals surface area contributed by atoms with Crippen LogP contribution in [0, 0.1) is 0 Å². The van der Waals surface area contributed by atoms with Gasteiger partial charge in [-0.1, -0.05) is 54.6 Å². The summed E-state index contributed by atoms with van der Waals surface area (Å²) in [5.41, 5.74) is 8.09. The first-order chi connectivity index (χ1) is 19.3. The fraction of sp³-hybridized carbons (Fsp3) is 0. The maximum Gasteiger partial charge on any atom is 0.143 e. The van der Waals surface area contributed by atoms with Crippen LogP contribution in [0.1, 0.15) is 0 Å². The third-order valence-corrected chi connectivity index (χ3v) is 8.88. The predicted molar refractivity (Wildman–Crippen MR) is 164 cm³/mol. The van der Waals surface area contributed by atoms with Gasteiger partial charge >= 0.3 is 0 Å². The minimum atomic E-state index is 0.973. The Morgan fingerprint density at radius 2 is 1.10 bits per heavy atom. The molecule has 5 aromatic carbocycles. The van der Waals surface area contributed by atoms with Crippen LogP contribution in [0.2, 0.25) is 0 Å². The van der Waals surface area contributed by atoms with Crippen LogP contribution in [-0.2, 0) is 0 Å². The summed E-state index contributed by atoms with van der Waals surface area (Å²) in [7, 11) is 0. The number of fused-ring (bicyclic) bond motifs is 9. The van der Waals surface area contributed by atoms with Crippen LogP contribution in [0.5, 0.6) is 0 Å². The van der Waals surface area contributed by atoms with Crippen LogP contribution in [0.3, 0.4) is 0 Å². The largest absolute Gasteiger partial charge is 0.309 e. The van der Waals surface area contributed by atoms with E-state index in [0.717, 1.165) is 27.1 Å². The first kappa shape index (κ1) is 21.0. The monoisotopic (exact) mass is 516 g/mol. The molecule has 39 heavy (non-hydrogen) atoms. The van der Waals surface area contributed by atoms with Crippen LogP contribution < -0.4 is 0 Å². The van der Waals surface area contributed by atoms with E-state index >= 15 is 0 Å². The number of nitrogens with zero attached hydrogens (tertiary/aromatic N) is 4. The van der Waals surface area contributed by atoms with Crippen molar-refractivity contribution in [2.75, 3.05) is 0 Å². The van der Waals surface area contributed by atoms with Gasteiger partial charge in [0, 0.05) is 55.4 Å². The number of para-hydroxylation sites is 3. The lowest BCUT2D eigenvalue weighted by Gasteiger charge is -2.10. The maximum absolute atomic E-state index is 4.59. The number of benzene rings is 5. The van der Waals surface area contributed by atoms with E-state index in [2.05, 4.69) is 128 Å². The molecule has 0 aliphatic heterocycles. The number of rotatable bonds is 2. The second-order valence-corrected chi connectivity index (χ2v) is 11.0. The molecule has 0 bridgehead atoms. The van der Waals surface area contributed by atoms with E-state index in [1.54, 1.807) is 23.7 Å². The summed E-state index contributed by atoms with van der Waals surface area (Å²) < 4.78 is 5.99. The number of hydrogen-bond donors (Lipinski definition) is 0. The van der Waals surface area contributed by atoms with Gasteiger partial charge in [0.25, 0.3) is 0 Å². The van der Waals surface area contributed by atoms with E-state index in [1.165, 1.54) is 48.3 Å². The lowest BCUT2D eigenvalue weighted by Crippen LogP contribution is -1.95. The van der Waals surface area contributed by atoms with Crippen LogP contribution in [0.15, 0.2) is 122 Å². The van der Waals surface area contributed by atoms with Crippen molar-refractivity contribution < 1.29 is 0 Å². The van der Waals surface area contributed by atoms with Crippen LogP contribution >= 0.6 is 11.3 Å². The third-order valence-electron chi connectivity index (χ3n) is 7.83. The van der Waals surface area contributed by atoms with Crippen molar-refractivity contribution in [3.63, 3.8) is 0 Å². The van der Waals surface area contributed by atoms with E-state index in [4.69, 9.17) is 0 Å². The zero-order valence-corrected chi connectivity index (χ0v) is 21.6. The molecule has 0 aliphatic carbocycles. The molecule has 0 aliphatic rings. The van der Waals surface area contributed by atoms with Crippen molar-refractivity contribution in [3.05, 3.63) is 122 Å². The lowest BCUT2D eigenvalue weighted by atomic mass is 10.1. The second kappa shape index (κ2) is 7.76. The first-order valence-electron chi connectivity index (χ1n) is 13.0. The highest BCUT2D eigenvalue weighted by atomic mass is 32.1. The van der Waals surface area contributed by atoms with Crippen molar-refractivity contribution in [3.8, 4) is 11.4 Å². The smallest absolute Gasteiger partial charge is 0.143 e. The zero-order chi connectivity index (χ0) is 25.5. The average Bonchev–Trinajstić information content (AvgIpc) is 3.63. The summed E-state index contributed by atoms with van der Waals surface area (Å²) in [5.74, 6) is 0. The molecule has 0 atom stereocenters. The summed E-state index contributed by atoms with van der Waals surface area (Å²) in [5, 5.41) is 6.20. The van der Waals surface area contributed by atoms with Crippen molar-refractivity contribution in [1.82, 2.24) is 19.1 Å². The van der Waals surface area contributed by atoms with Crippen molar-refractivity contribution in [2.24, 2.45) is 0 Å². The molecule has 5 heteroatoms. The Bertz CT molecular complexity index is 2390. The molecule has 0 saturated heterocycles. The SMILES string of the molecule is c1ccc(-n2c3ccccc3c3cc4c5ccccc5n(-c5ccc6c(c5)sc5nccnc56)c4cc32)cc1. The normalized spacial score (nSPS) is 12.1. The van der Waals surface area contributed by atoms with Gasteiger partial charge < -0.3 is 9.13 Å². The molecule has 0 N–H and O–H groups in total. The Balaban J connectivity index is 1.42. The molecule has 4 aromatic heterocycles. The van der Waals surface area contributed by atoms with Crippen molar-refractivity contribution in [1.29, 1.82) is 0 Å². The fourth-order valence-corrected chi connectivity index (χ4v) is 7.22. The molecule has 9 rings (SSSR count). The number of hydrogen-bond acceptors (Lipinski definition) is 3. The molecule has 0 unspecified atom stereocenters. The summed E-state index contributed by atoms with van der Waals surface area (Å²) in [6, 6.07) is 39.5. The molecular formula is C34H20N4S. The Kier molecular flexibility index (Phi) is 4.18. The van der Waals surface area contributed by atoms with Gasteiger partial charge in [-0.3, -0.25) is 4.98 Å². The maximum atomic E-state index is 4.59. The minimum absolute atomic E-state index is 0.973. The van der Waals surface area contributed by atoms with E-state index in [-0.39, 0.29) is 0 Å². The molecule has 0 fully saturated rings. The summed E-state index contributed by atoms with van der Waals surface area (Å²) in [6.45, 7) is 0. The van der Waals surface area contributed by atoms with E-state index in [0.29, 0.717) is 0 Å². The third kappa shape index (κ3) is 2.88. The number of aromatic nitrogens is 4. The van der Waals surface area contributed by atoms with Gasteiger partial charge in [0.15, 0.2) is 0 Å². The summed E-state index contributed by atoms with van der Waals surface area (Å²) >= 11 is 1.70. The molecule has 0 radical (unpaired) electrons. The van der Waals surface area contributed by atoms with Gasteiger partial charge in [0.1, 0.15) is 10.3 Å². The Morgan fingerprint density at radius 3 is 1.85 bits per heavy atom. The molecular weight excluding hydrogens is 496 g/mol. The molecule has 4 nitrogen and oxygen atoms in total. The van der Waals surface area contributed by atoms with Crippen LogP contribution in [0.25, 0.3) is 75.4 Å². The highest BCUT2D eigenvalue weighted by Crippen LogP contribution is 2.40. The highest BCUT2D eigenvalue weighted by molar-refractivity contribution is 7.25. The van der Waals surface area contributed by atoms with Gasteiger partial charge in [-0.05, 0) is 54.6 Å². The van der Waals surface area contributed by atoms with Gasteiger partial charge in [-0.2, -0.15) is 0 Å². The van der Waals surface area contributed by atoms with Crippen LogP contribution in [-0.4, -0.2) is 19.1 Å². The molecule has 0 spiro atoms. The number of thiophene rings is 1. The fourth-order valence-electron chi connectivity index (χ4n) is 6.18. The van der Waals surface area contributed by atoms with Gasteiger partial charge in [-0.25, -0.2) is 4.98 Å². The molecule has 0 amide bonds. The van der Waals surface area contributed by atoms with E-state index in [1.807, 2.05) is 0 Å². The summed E-state index contributed by atoms with van der Waals surface area (Å²) in [4.78, 5) is 10.1. The molecule has 182 valence electrons. The first-order valence-corrected chi connectivity index (χ1v) is 13.8. The van der Waals surface area contributed by atoms with Crippen molar-refractivity contribution >= 4 is 75.4 Å². The Hall–Kier alpha value is -5.00. The lowest BCUT2D eigenvalue weighted by molar-refractivity contribution is 1.17. The molecule has 0 saturated carbocycles. The topological polar surface area (TPSA) is 35.6 Å². The van der Waals surface area contributed by atoms with Gasteiger partial charge in [-0.15, -0.1) is 11.3 Å². The Labute approximate surface area is 227 Å². The predicted octanol–water partition coefficient (Wildman–Crippen LogP) is 9.04. The Morgan fingerprint density at radius 1 is 0.462 bits per heavy atom. The quantitative estimate of drug-likeness (QED) is 0.230. The van der Waals surface area contributed by atoms with Crippen molar-refractivity contribution in [2.45, 2.75) is 0 Å². The van der Waals surface area contributed by atoms with Crippen LogP contribution in [0.4, 0.5) is 0 Å². The van der Waals surface area contributed by atoms with Gasteiger partial charge in [0.05, 0.1) is 22.1 Å². The highest BCUT2D eigenvalue weighted by Gasteiger charge is 2.18. The second-order valence-electron chi connectivity index (χ2n) is 9.92. The summed E-state index contributed by atoms with van der Waals surface area (Å²) in [6.07, 6.45) is 3.54. The molecule has 9 aromatic rings. The standard InChI is InChI=1S/C34H20N4S/c1-2-8-21(9-3-1)37-28-12-6-4-10-23(28)26-19-27-24-11-5-7-13-29(24)38(31(27)20-30(26)37)22-14-15-25-32(18-22)39-34-33(25)35-16-17-36-34/h1-20H. The van der Waals surface area contributed by atoms with Gasteiger partial charge in [0.2, 0.25) is 0 Å². The zero-order valence-electron chi connectivity index (χ0n) is 20.7. The van der Waals surface area contributed by atoms with E-state index < -0.39 is 0 Å². The average molecular weight is 517 g/mol.